The highest BCUT2D eigenvalue weighted by atomic mass is 16.1. The molecule has 0 atom stereocenters. The van der Waals surface area contributed by atoms with Gasteiger partial charge in [-0.05, 0) is 69.3 Å². The minimum Gasteiger partial charge on any atom is -0.321 e. The van der Waals surface area contributed by atoms with Crippen molar-refractivity contribution < 1.29 is 4.79 Å². The molecule has 0 unspecified atom stereocenters. The highest BCUT2D eigenvalue weighted by molar-refractivity contribution is 5.96. The van der Waals surface area contributed by atoms with Crippen LogP contribution in [0.15, 0.2) is 104 Å². The van der Waals surface area contributed by atoms with Gasteiger partial charge < -0.3 is 4.57 Å². The minimum absolute atomic E-state index is 0.0514. The number of benzene rings is 3. The van der Waals surface area contributed by atoms with Crippen LogP contribution in [0.3, 0.4) is 0 Å². The Morgan fingerprint density at radius 2 is 1.62 bits per heavy atom. The van der Waals surface area contributed by atoms with Gasteiger partial charge in [0.1, 0.15) is 11.5 Å². The first-order valence-electron chi connectivity index (χ1n) is 14.2. The third kappa shape index (κ3) is 5.93. The van der Waals surface area contributed by atoms with Gasteiger partial charge in [0.05, 0.1) is 6.20 Å². The van der Waals surface area contributed by atoms with Gasteiger partial charge >= 0.3 is 0 Å². The van der Waals surface area contributed by atoms with Gasteiger partial charge in [-0.1, -0.05) is 74.0 Å². The number of tetrazole rings is 1. The van der Waals surface area contributed by atoms with E-state index in [0.29, 0.717) is 24.5 Å². The van der Waals surface area contributed by atoms with Gasteiger partial charge in [0.15, 0.2) is 5.78 Å². The highest BCUT2D eigenvalue weighted by Gasteiger charge is 2.18. The van der Waals surface area contributed by atoms with Gasteiger partial charge in [-0.25, -0.2) is 4.98 Å². The van der Waals surface area contributed by atoms with Crippen LogP contribution in [0.4, 0.5) is 0 Å². The molecule has 0 fully saturated rings. The van der Waals surface area contributed by atoms with Gasteiger partial charge in [-0.2, -0.15) is 5.21 Å². The summed E-state index contributed by atoms with van der Waals surface area (Å²) >= 11 is 0. The van der Waals surface area contributed by atoms with Crippen LogP contribution in [-0.2, 0) is 19.4 Å². The van der Waals surface area contributed by atoms with Crippen molar-refractivity contribution in [2.24, 2.45) is 0 Å². The molecule has 0 saturated heterocycles. The van der Waals surface area contributed by atoms with Gasteiger partial charge in [-0.15, -0.1) is 10.2 Å². The fraction of sp³-hybridized carbons (Fsp3) is 0.176. The normalized spacial score (nSPS) is 11.1. The molecule has 0 saturated carbocycles. The molecule has 0 aliphatic rings. The molecule has 6 rings (SSSR count). The maximum atomic E-state index is 13.3. The number of aromatic nitrogens is 7. The van der Waals surface area contributed by atoms with E-state index in [0.717, 1.165) is 64.0 Å². The summed E-state index contributed by atoms with van der Waals surface area (Å²) in [5, 5.41) is 14.8. The number of aryl methyl sites for hydroxylation is 1. The molecule has 8 nitrogen and oxygen atoms in total. The molecule has 3 heterocycles. The SMILES string of the molecule is CCCCc1ncc(C(=O)Cc2ccncc2)n1Cc1ccc(-c2cc(-c3ccccc3)ccc2-c2nn[nH]n2)cc1. The number of H-pyrrole nitrogens is 1. The second-order valence-corrected chi connectivity index (χ2v) is 10.3. The lowest BCUT2D eigenvalue weighted by Gasteiger charge is -2.14. The quantitative estimate of drug-likeness (QED) is 0.181. The molecule has 0 spiro atoms. The first kappa shape index (κ1) is 27.0. The Morgan fingerprint density at radius 3 is 2.36 bits per heavy atom. The Bertz CT molecular complexity index is 1760. The smallest absolute Gasteiger partial charge is 0.205 e. The summed E-state index contributed by atoms with van der Waals surface area (Å²) < 4.78 is 2.08. The summed E-state index contributed by atoms with van der Waals surface area (Å²) in [6.07, 6.45) is 8.39. The molecule has 3 aromatic carbocycles. The van der Waals surface area contributed by atoms with Crippen molar-refractivity contribution in [2.75, 3.05) is 0 Å². The van der Waals surface area contributed by atoms with E-state index in [1.807, 2.05) is 36.4 Å². The number of pyridine rings is 1. The summed E-state index contributed by atoms with van der Waals surface area (Å²) in [4.78, 5) is 22.1. The first-order chi connectivity index (χ1) is 20.7. The lowest BCUT2D eigenvalue weighted by Crippen LogP contribution is -2.14. The van der Waals surface area contributed by atoms with E-state index >= 15 is 0 Å². The van der Waals surface area contributed by atoms with Crippen molar-refractivity contribution in [3.05, 3.63) is 126 Å². The molecular weight excluding hydrogens is 522 g/mol. The average Bonchev–Trinajstić information content (AvgIpc) is 3.72. The summed E-state index contributed by atoms with van der Waals surface area (Å²) in [5.41, 5.74) is 7.88. The Hall–Kier alpha value is -5.24. The molecule has 3 aromatic heterocycles. The van der Waals surface area contributed by atoms with Crippen molar-refractivity contribution in [2.45, 2.75) is 39.2 Å². The van der Waals surface area contributed by atoms with Crippen molar-refractivity contribution in [1.82, 2.24) is 35.2 Å². The van der Waals surface area contributed by atoms with Crippen molar-refractivity contribution in [3.63, 3.8) is 0 Å². The van der Waals surface area contributed by atoms with Crippen LogP contribution >= 0.6 is 0 Å². The van der Waals surface area contributed by atoms with E-state index < -0.39 is 0 Å². The number of aromatic amines is 1. The van der Waals surface area contributed by atoms with Gasteiger partial charge in [0.25, 0.3) is 0 Å². The Balaban J connectivity index is 1.32. The molecule has 8 heteroatoms. The predicted molar refractivity (Wildman–Crippen MR) is 163 cm³/mol. The Morgan fingerprint density at radius 1 is 0.833 bits per heavy atom. The molecule has 0 radical (unpaired) electrons. The van der Waals surface area contributed by atoms with Crippen molar-refractivity contribution in [3.8, 4) is 33.6 Å². The van der Waals surface area contributed by atoms with E-state index in [-0.39, 0.29) is 5.78 Å². The third-order valence-electron chi connectivity index (χ3n) is 7.41. The summed E-state index contributed by atoms with van der Waals surface area (Å²) in [7, 11) is 0. The minimum atomic E-state index is 0.0514. The molecular formula is C34H31N7O. The van der Waals surface area contributed by atoms with Crippen molar-refractivity contribution >= 4 is 5.78 Å². The predicted octanol–water partition coefficient (Wildman–Crippen LogP) is 6.61. The van der Waals surface area contributed by atoms with E-state index in [9.17, 15) is 4.79 Å². The number of Topliss-reactive ketones (excluding diaryl/α,β-unsaturated/α-hetero) is 1. The number of hydrogen-bond donors (Lipinski definition) is 1. The molecule has 0 bridgehead atoms. The van der Waals surface area contributed by atoms with Gasteiger partial charge in [0, 0.05) is 37.3 Å². The van der Waals surface area contributed by atoms with Crippen LogP contribution in [0.25, 0.3) is 33.6 Å². The maximum Gasteiger partial charge on any atom is 0.205 e. The monoisotopic (exact) mass is 553 g/mol. The van der Waals surface area contributed by atoms with Crippen LogP contribution in [0.1, 0.15) is 47.2 Å². The lowest BCUT2D eigenvalue weighted by molar-refractivity contribution is 0.0984. The number of imidazole rings is 1. The van der Waals surface area contributed by atoms with Gasteiger partial charge in [-0.3, -0.25) is 9.78 Å². The topological polar surface area (TPSA) is 102 Å². The van der Waals surface area contributed by atoms with Crippen molar-refractivity contribution in [1.29, 1.82) is 0 Å². The van der Waals surface area contributed by atoms with E-state index in [1.54, 1.807) is 18.6 Å². The summed E-state index contributed by atoms with van der Waals surface area (Å²) in [6, 6.07) is 28.8. The molecule has 6 aromatic rings. The van der Waals surface area contributed by atoms with Crippen LogP contribution in [0, 0.1) is 0 Å². The number of unbranched alkanes of at least 4 members (excludes halogenated alkanes) is 1. The second kappa shape index (κ2) is 12.5. The number of hydrogen-bond acceptors (Lipinski definition) is 6. The molecule has 42 heavy (non-hydrogen) atoms. The van der Waals surface area contributed by atoms with E-state index in [1.165, 1.54) is 0 Å². The number of nitrogens with zero attached hydrogens (tertiary/aromatic N) is 6. The first-order valence-corrected chi connectivity index (χ1v) is 14.2. The van der Waals surface area contributed by atoms with Crippen LogP contribution in [0.5, 0.6) is 0 Å². The van der Waals surface area contributed by atoms with Gasteiger partial charge in [0.2, 0.25) is 5.82 Å². The molecule has 208 valence electrons. The zero-order chi connectivity index (χ0) is 28.7. The van der Waals surface area contributed by atoms with Crippen LogP contribution in [-0.4, -0.2) is 40.9 Å². The molecule has 0 amide bonds. The number of carbonyl (C=O) groups is 1. The van der Waals surface area contributed by atoms with E-state index in [4.69, 9.17) is 0 Å². The molecule has 0 aliphatic carbocycles. The second-order valence-electron chi connectivity index (χ2n) is 10.3. The number of ketones is 1. The van der Waals surface area contributed by atoms with Crippen LogP contribution in [0.2, 0.25) is 0 Å². The van der Waals surface area contributed by atoms with E-state index in [2.05, 4.69) is 90.6 Å². The Labute approximate surface area is 244 Å². The third-order valence-corrected chi connectivity index (χ3v) is 7.41. The zero-order valence-electron chi connectivity index (χ0n) is 23.4. The fourth-order valence-corrected chi connectivity index (χ4v) is 5.16. The zero-order valence-corrected chi connectivity index (χ0v) is 23.4. The standard InChI is InChI=1S/C34H31N7O/c1-2-3-9-33-36-22-31(32(42)20-24-16-18-35-19-17-24)41(33)23-25-10-12-27(13-11-25)30-21-28(26-7-5-4-6-8-26)14-15-29(30)34-37-39-40-38-34/h4-8,10-19,21-22H,2-3,9,20,23H2,1H3,(H,37,38,39,40). The molecule has 1 N–H and O–H groups in total. The largest absolute Gasteiger partial charge is 0.321 e. The maximum absolute atomic E-state index is 13.3. The number of carbonyl (C=O) groups excluding carboxylic acids is 1. The summed E-state index contributed by atoms with van der Waals surface area (Å²) in [6.45, 7) is 2.73. The highest BCUT2D eigenvalue weighted by Crippen LogP contribution is 2.34. The van der Waals surface area contributed by atoms with Crippen LogP contribution < -0.4 is 0 Å². The lowest BCUT2D eigenvalue weighted by atomic mass is 9.93. The number of rotatable bonds is 11. The average molecular weight is 554 g/mol. The number of nitrogens with one attached hydrogen (secondary N) is 1. The fourth-order valence-electron chi connectivity index (χ4n) is 5.16. The Kier molecular flexibility index (Phi) is 8.03. The molecule has 0 aliphatic heterocycles. The summed E-state index contributed by atoms with van der Waals surface area (Å²) in [5.74, 6) is 1.54.